The molecule has 0 saturated carbocycles. The molecule has 3 amide bonds. The highest BCUT2D eigenvalue weighted by molar-refractivity contribution is 6.15. The molecule has 0 radical (unpaired) electrons. The number of fused-ring (bicyclic) bond motifs is 1. The molecule has 23 heavy (non-hydrogen) atoms. The molecule has 9 nitrogen and oxygen atoms in total. The van der Waals surface area contributed by atoms with E-state index in [0.717, 1.165) is 0 Å². The van der Waals surface area contributed by atoms with Gasteiger partial charge in [-0.1, -0.05) is 0 Å². The number of carbonyl (C=O) groups excluding carboxylic acids is 2. The zero-order chi connectivity index (χ0) is 16.6. The van der Waals surface area contributed by atoms with Crippen molar-refractivity contribution in [1.29, 1.82) is 0 Å². The van der Waals surface area contributed by atoms with Gasteiger partial charge in [-0.05, 0) is 23.8 Å². The normalized spacial score (nSPS) is 17.6. The van der Waals surface area contributed by atoms with Gasteiger partial charge in [0.25, 0.3) is 5.91 Å². The van der Waals surface area contributed by atoms with Crippen molar-refractivity contribution in [3.05, 3.63) is 23.4 Å². The van der Waals surface area contributed by atoms with E-state index < -0.39 is 24.5 Å². The van der Waals surface area contributed by atoms with Crippen molar-refractivity contribution in [2.75, 3.05) is 20.4 Å². The second-order valence-corrected chi connectivity index (χ2v) is 4.73. The zero-order valence-electron chi connectivity index (χ0n) is 12.0. The van der Waals surface area contributed by atoms with Crippen LogP contribution < -0.4 is 19.5 Å². The maximum Gasteiger partial charge on any atom is 0.329 e. The number of aliphatic carboxylic acids is 1. The summed E-state index contributed by atoms with van der Waals surface area (Å²) < 4.78 is 15.7. The Morgan fingerprint density at radius 1 is 1.43 bits per heavy atom. The summed E-state index contributed by atoms with van der Waals surface area (Å²) in [6.07, 6.45) is 1.41. The minimum atomic E-state index is -1.28. The zero-order valence-corrected chi connectivity index (χ0v) is 12.0. The van der Waals surface area contributed by atoms with Crippen molar-refractivity contribution in [2.24, 2.45) is 0 Å². The Morgan fingerprint density at radius 3 is 2.91 bits per heavy atom. The number of hydrogen-bond donors (Lipinski definition) is 2. The molecular weight excluding hydrogens is 308 g/mol. The summed E-state index contributed by atoms with van der Waals surface area (Å²) in [6, 6.07) is 2.45. The Balaban J connectivity index is 1.92. The van der Waals surface area contributed by atoms with Gasteiger partial charge in [-0.3, -0.25) is 9.59 Å². The predicted molar refractivity (Wildman–Crippen MR) is 75.0 cm³/mol. The lowest BCUT2D eigenvalue weighted by Crippen LogP contribution is -2.35. The number of carbonyl (C=O) groups is 3. The topological polar surface area (TPSA) is 114 Å². The first-order chi connectivity index (χ1) is 11.0. The van der Waals surface area contributed by atoms with E-state index in [1.807, 2.05) is 0 Å². The lowest BCUT2D eigenvalue weighted by Gasteiger charge is -2.07. The van der Waals surface area contributed by atoms with E-state index >= 15 is 0 Å². The molecule has 0 aliphatic carbocycles. The highest BCUT2D eigenvalue weighted by Crippen LogP contribution is 2.42. The van der Waals surface area contributed by atoms with E-state index in [1.54, 1.807) is 12.1 Å². The Kier molecular flexibility index (Phi) is 3.53. The highest BCUT2D eigenvalue weighted by Gasteiger charge is 2.35. The Labute approximate surface area is 130 Å². The third-order valence-corrected chi connectivity index (χ3v) is 3.25. The number of amides is 3. The van der Waals surface area contributed by atoms with E-state index in [0.29, 0.717) is 27.7 Å². The first-order valence-electron chi connectivity index (χ1n) is 6.53. The van der Waals surface area contributed by atoms with E-state index in [2.05, 4.69) is 5.32 Å². The molecular formula is C14H12N2O7. The van der Waals surface area contributed by atoms with Crippen molar-refractivity contribution in [3.63, 3.8) is 0 Å². The van der Waals surface area contributed by atoms with E-state index in [9.17, 15) is 14.4 Å². The number of nitrogens with one attached hydrogen (secondary N) is 1. The SMILES string of the molecule is COc1cc(/C=C2/NC(=O)N(CC(=O)O)C2=O)cc2c1OCO2. The number of ether oxygens (including phenoxy) is 3. The number of benzene rings is 1. The fraction of sp³-hybridized carbons (Fsp3) is 0.214. The van der Waals surface area contributed by atoms with Crippen LogP contribution in [0.2, 0.25) is 0 Å². The average molecular weight is 320 g/mol. The van der Waals surface area contributed by atoms with Gasteiger partial charge in [0.15, 0.2) is 11.5 Å². The summed E-state index contributed by atoms with van der Waals surface area (Å²) in [4.78, 5) is 35.0. The number of carboxylic acid groups (broad SMARTS) is 1. The minimum absolute atomic E-state index is 0.0304. The summed E-state index contributed by atoms with van der Waals surface area (Å²) in [5, 5.41) is 11.1. The Morgan fingerprint density at radius 2 is 2.22 bits per heavy atom. The third-order valence-electron chi connectivity index (χ3n) is 3.25. The molecule has 9 heteroatoms. The summed E-state index contributed by atoms with van der Waals surface area (Å²) in [5.74, 6) is -0.654. The smallest absolute Gasteiger partial charge is 0.329 e. The van der Waals surface area contributed by atoms with Crippen molar-refractivity contribution in [2.45, 2.75) is 0 Å². The largest absolute Gasteiger partial charge is 0.493 e. The molecule has 0 spiro atoms. The lowest BCUT2D eigenvalue weighted by atomic mass is 10.1. The van der Waals surface area contributed by atoms with Crippen LogP contribution in [0.4, 0.5) is 4.79 Å². The van der Waals surface area contributed by atoms with Gasteiger partial charge in [-0.15, -0.1) is 0 Å². The lowest BCUT2D eigenvalue weighted by molar-refractivity contribution is -0.140. The molecule has 0 unspecified atom stereocenters. The van der Waals surface area contributed by atoms with Crippen LogP contribution >= 0.6 is 0 Å². The van der Waals surface area contributed by atoms with Gasteiger partial charge in [-0.2, -0.15) is 0 Å². The maximum atomic E-state index is 12.1. The number of methoxy groups -OCH3 is 1. The molecule has 0 aromatic heterocycles. The van der Waals surface area contributed by atoms with Crippen LogP contribution in [0.5, 0.6) is 17.2 Å². The molecule has 2 aliphatic heterocycles. The fourth-order valence-electron chi connectivity index (χ4n) is 2.25. The summed E-state index contributed by atoms with van der Waals surface area (Å²) >= 11 is 0. The predicted octanol–water partition coefficient (Wildman–Crippen LogP) is 0.401. The van der Waals surface area contributed by atoms with Gasteiger partial charge in [0.05, 0.1) is 7.11 Å². The molecule has 2 N–H and O–H groups in total. The average Bonchev–Trinajstić information content (AvgIpc) is 3.07. The van der Waals surface area contributed by atoms with E-state index in [4.69, 9.17) is 19.3 Å². The summed E-state index contributed by atoms with van der Waals surface area (Å²) in [6.45, 7) is -0.639. The van der Waals surface area contributed by atoms with Gasteiger partial charge in [0, 0.05) is 0 Å². The second kappa shape index (κ2) is 5.52. The number of rotatable bonds is 4. The molecule has 2 heterocycles. The van der Waals surface area contributed by atoms with Gasteiger partial charge >= 0.3 is 12.0 Å². The number of nitrogens with zero attached hydrogens (tertiary/aromatic N) is 1. The van der Waals surface area contributed by atoms with Crippen LogP contribution in [0, 0.1) is 0 Å². The van der Waals surface area contributed by atoms with E-state index in [-0.39, 0.29) is 12.5 Å². The molecule has 3 rings (SSSR count). The van der Waals surface area contributed by atoms with Gasteiger partial charge in [0.1, 0.15) is 12.2 Å². The van der Waals surface area contributed by atoms with Crippen molar-refractivity contribution < 1.29 is 33.7 Å². The van der Waals surface area contributed by atoms with Crippen LogP contribution in [-0.4, -0.2) is 48.4 Å². The number of urea groups is 1. The van der Waals surface area contributed by atoms with Crippen molar-refractivity contribution in [1.82, 2.24) is 10.2 Å². The summed E-state index contributed by atoms with van der Waals surface area (Å²) in [5.41, 5.74) is 0.504. The molecule has 1 saturated heterocycles. The van der Waals surface area contributed by atoms with Crippen molar-refractivity contribution >= 4 is 24.0 Å². The third kappa shape index (κ3) is 2.63. The minimum Gasteiger partial charge on any atom is -0.493 e. The van der Waals surface area contributed by atoms with Crippen LogP contribution in [0.25, 0.3) is 6.08 Å². The first-order valence-corrected chi connectivity index (χ1v) is 6.53. The van der Waals surface area contributed by atoms with Crippen LogP contribution in [0.1, 0.15) is 5.56 Å². The number of carboxylic acids is 1. The maximum absolute atomic E-state index is 12.1. The van der Waals surface area contributed by atoms with Crippen LogP contribution in [-0.2, 0) is 9.59 Å². The number of hydrogen-bond acceptors (Lipinski definition) is 6. The number of imide groups is 1. The standard InChI is InChI=1S/C14H12N2O7/c1-21-9-3-7(4-10-12(9)23-6-22-10)2-8-13(19)16(5-11(17)18)14(20)15-8/h2-4H,5-6H2,1H3,(H,15,20)(H,17,18)/b8-2+. The molecule has 1 fully saturated rings. The molecule has 1 aromatic carbocycles. The van der Waals surface area contributed by atoms with Gasteiger partial charge in [0.2, 0.25) is 12.5 Å². The van der Waals surface area contributed by atoms with Crippen LogP contribution in [0.3, 0.4) is 0 Å². The monoisotopic (exact) mass is 320 g/mol. The molecule has 0 bridgehead atoms. The fourth-order valence-corrected chi connectivity index (χ4v) is 2.25. The molecule has 2 aliphatic rings. The first kappa shape index (κ1) is 14.7. The quantitative estimate of drug-likeness (QED) is 0.609. The highest BCUT2D eigenvalue weighted by atomic mass is 16.7. The molecule has 1 aromatic rings. The molecule has 120 valence electrons. The van der Waals surface area contributed by atoms with Gasteiger partial charge < -0.3 is 24.6 Å². The van der Waals surface area contributed by atoms with Crippen LogP contribution in [0.15, 0.2) is 17.8 Å². The Hall–Kier alpha value is -3.23. The summed E-state index contributed by atoms with van der Waals surface area (Å²) in [7, 11) is 1.46. The van der Waals surface area contributed by atoms with Gasteiger partial charge in [-0.25, -0.2) is 9.69 Å². The van der Waals surface area contributed by atoms with E-state index in [1.165, 1.54) is 13.2 Å². The van der Waals surface area contributed by atoms with Crippen molar-refractivity contribution in [3.8, 4) is 17.2 Å². The Bertz CT molecular complexity index is 741. The molecule has 0 atom stereocenters. The second-order valence-electron chi connectivity index (χ2n) is 4.73.